The number of piperazine rings is 1. The molecule has 1 aromatic carbocycles. The van der Waals surface area contributed by atoms with Crippen molar-refractivity contribution in [2.24, 2.45) is 0 Å². The van der Waals surface area contributed by atoms with E-state index in [9.17, 15) is 9.18 Å². The lowest BCUT2D eigenvalue weighted by molar-refractivity contribution is 0.102. The molecule has 10 nitrogen and oxygen atoms in total. The molecular weight excluding hydrogens is 513 g/mol. The largest absolute Gasteiger partial charge is 0.490 e. The first-order valence-electron chi connectivity index (χ1n) is 12.1. The quantitative estimate of drug-likeness (QED) is 0.337. The Balaban J connectivity index is 1.26. The minimum atomic E-state index is -0.665. The molecule has 0 saturated carbocycles. The maximum Gasteiger partial charge on any atom is 0.257 e. The van der Waals surface area contributed by atoms with Crippen LogP contribution in [0.2, 0.25) is 5.15 Å². The molecule has 198 valence electrons. The number of halogens is 2. The molecule has 1 aliphatic rings. The third-order valence-corrected chi connectivity index (χ3v) is 6.62. The van der Waals surface area contributed by atoms with Crippen LogP contribution in [-0.4, -0.2) is 81.7 Å². The summed E-state index contributed by atoms with van der Waals surface area (Å²) in [5.41, 5.74) is 1.93. The number of aryl methyl sites for hydroxylation is 1. The smallest absolute Gasteiger partial charge is 0.257 e. The van der Waals surface area contributed by atoms with Crippen molar-refractivity contribution in [1.29, 1.82) is 0 Å². The minimum absolute atomic E-state index is 0.0464. The highest BCUT2D eigenvalue weighted by Gasteiger charge is 2.18. The number of pyridine rings is 1. The van der Waals surface area contributed by atoms with Gasteiger partial charge in [-0.2, -0.15) is 10.1 Å². The summed E-state index contributed by atoms with van der Waals surface area (Å²) in [4.78, 5) is 25.2. The van der Waals surface area contributed by atoms with Crippen LogP contribution in [-0.2, 0) is 0 Å². The van der Waals surface area contributed by atoms with Gasteiger partial charge < -0.3 is 19.7 Å². The molecule has 0 unspecified atom stereocenters. The zero-order valence-electron chi connectivity index (χ0n) is 21.0. The van der Waals surface area contributed by atoms with E-state index in [0.29, 0.717) is 23.4 Å². The van der Waals surface area contributed by atoms with Crippen molar-refractivity contribution in [3.63, 3.8) is 0 Å². The summed E-state index contributed by atoms with van der Waals surface area (Å²) in [6.07, 6.45) is 4.45. The number of hydrogen-bond acceptors (Lipinski definition) is 8. The number of carbonyl (C=O) groups is 1. The molecule has 38 heavy (non-hydrogen) atoms. The fourth-order valence-electron chi connectivity index (χ4n) is 4.16. The number of anilines is 1. The summed E-state index contributed by atoms with van der Waals surface area (Å²) >= 11 is 5.76. The molecule has 4 aromatic rings. The van der Waals surface area contributed by atoms with Gasteiger partial charge in [-0.3, -0.25) is 9.69 Å². The Bertz CT molecular complexity index is 1440. The molecule has 0 radical (unpaired) electrons. The Labute approximate surface area is 223 Å². The number of aromatic nitrogens is 4. The number of nitrogens with zero attached hydrogens (tertiary/aromatic N) is 6. The second-order valence-corrected chi connectivity index (χ2v) is 9.43. The molecule has 3 aromatic heterocycles. The highest BCUT2D eigenvalue weighted by molar-refractivity contribution is 6.29. The van der Waals surface area contributed by atoms with Crippen LogP contribution >= 0.6 is 11.6 Å². The van der Waals surface area contributed by atoms with Crippen molar-refractivity contribution in [2.45, 2.75) is 6.92 Å². The summed E-state index contributed by atoms with van der Waals surface area (Å²) in [6, 6.07) is 7.17. The van der Waals surface area contributed by atoms with E-state index < -0.39 is 11.7 Å². The van der Waals surface area contributed by atoms with Crippen LogP contribution in [0.1, 0.15) is 15.9 Å². The van der Waals surface area contributed by atoms with Crippen LogP contribution in [0.4, 0.5) is 10.1 Å². The maximum absolute atomic E-state index is 14.9. The van der Waals surface area contributed by atoms with E-state index in [2.05, 4.69) is 37.2 Å². The predicted octanol–water partition coefficient (Wildman–Crippen LogP) is 3.90. The fourth-order valence-corrected chi connectivity index (χ4v) is 4.27. The number of ether oxygens (including phenoxy) is 2. The van der Waals surface area contributed by atoms with E-state index in [0.717, 1.165) is 38.3 Å². The van der Waals surface area contributed by atoms with Gasteiger partial charge in [0.05, 0.1) is 11.8 Å². The van der Waals surface area contributed by atoms with Gasteiger partial charge in [0.15, 0.2) is 11.6 Å². The van der Waals surface area contributed by atoms with Crippen molar-refractivity contribution in [3.8, 4) is 17.4 Å². The van der Waals surface area contributed by atoms with Crippen LogP contribution in [0.15, 0.2) is 49.1 Å². The number of benzene rings is 1. The van der Waals surface area contributed by atoms with E-state index in [4.69, 9.17) is 21.1 Å². The van der Waals surface area contributed by atoms with Gasteiger partial charge in [0, 0.05) is 56.2 Å². The van der Waals surface area contributed by atoms with Crippen molar-refractivity contribution in [3.05, 3.63) is 71.2 Å². The predicted molar refractivity (Wildman–Crippen MR) is 141 cm³/mol. The van der Waals surface area contributed by atoms with Gasteiger partial charge in [-0.05, 0) is 38.2 Å². The topological polar surface area (TPSA) is 97.1 Å². The van der Waals surface area contributed by atoms with Crippen LogP contribution in [0.5, 0.6) is 17.4 Å². The van der Waals surface area contributed by atoms with Gasteiger partial charge in [-0.1, -0.05) is 11.6 Å². The zero-order chi connectivity index (χ0) is 26.6. The number of carbonyl (C=O) groups excluding carboxylic acids is 1. The van der Waals surface area contributed by atoms with E-state index in [1.165, 1.54) is 42.9 Å². The SMILES string of the molecule is Cc1c(OCCN2CCN(C)CC2)cn2ncnc(Oc3ccc(NC(=O)c4ccc(Cl)nc4)cc3F)c12. The van der Waals surface area contributed by atoms with Gasteiger partial charge in [-0.15, -0.1) is 0 Å². The fraction of sp³-hybridized carbons (Fsp3) is 0.308. The molecule has 0 spiro atoms. The Morgan fingerprint density at radius 2 is 1.95 bits per heavy atom. The normalized spacial score (nSPS) is 14.5. The molecule has 1 N–H and O–H groups in total. The molecular formula is C26H27ClFN7O3. The molecule has 0 atom stereocenters. The van der Waals surface area contributed by atoms with Crippen LogP contribution in [0, 0.1) is 12.7 Å². The Morgan fingerprint density at radius 3 is 2.68 bits per heavy atom. The molecule has 5 rings (SSSR count). The number of nitrogens with one attached hydrogen (secondary N) is 1. The minimum Gasteiger partial charge on any atom is -0.490 e. The van der Waals surface area contributed by atoms with E-state index >= 15 is 0 Å². The molecule has 0 bridgehead atoms. The van der Waals surface area contributed by atoms with Gasteiger partial charge in [0.1, 0.15) is 29.4 Å². The third-order valence-electron chi connectivity index (χ3n) is 6.39. The summed E-state index contributed by atoms with van der Waals surface area (Å²) in [7, 11) is 2.13. The Morgan fingerprint density at radius 1 is 1.13 bits per heavy atom. The van der Waals surface area contributed by atoms with E-state index in [-0.39, 0.29) is 22.5 Å². The van der Waals surface area contributed by atoms with Crippen molar-refractivity contribution < 1.29 is 18.7 Å². The molecule has 12 heteroatoms. The molecule has 1 aliphatic heterocycles. The van der Waals surface area contributed by atoms with Crippen molar-refractivity contribution >= 4 is 28.7 Å². The first-order valence-corrected chi connectivity index (χ1v) is 12.5. The standard InChI is InChI=1S/C26H27ClFN7O3/c1-17-22(37-12-11-34-9-7-33(2)8-10-34)15-35-24(17)26(30-16-31-35)38-21-5-4-19(13-20(21)28)32-25(36)18-3-6-23(27)29-14-18/h3-6,13-16H,7-12H2,1-2H3,(H,32,36). The molecule has 1 saturated heterocycles. The Kier molecular flexibility index (Phi) is 7.68. The average Bonchev–Trinajstić information content (AvgIpc) is 3.23. The van der Waals surface area contributed by atoms with Crippen LogP contribution in [0.25, 0.3) is 5.52 Å². The number of rotatable bonds is 8. The highest BCUT2D eigenvalue weighted by atomic mass is 35.5. The van der Waals surface area contributed by atoms with Crippen molar-refractivity contribution in [2.75, 3.05) is 51.7 Å². The van der Waals surface area contributed by atoms with Crippen LogP contribution < -0.4 is 14.8 Å². The number of amides is 1. The lowest BCUT2D eigenvalue weighted by Crippen LogP contribution is -2.45. The van der Waals surface area contributed by atoms with Gasteiger partial charge in [0.25, 0.3) is 5.91 Å². The first kappa shape index (κ1) is 25.8. The zero-order valence-corrected chi connectivity index (χ0v) is 21.8. The lowest BCUT2D eigenvalue weighted by Gasteiger charge is -2.32. The third kappa shape index (κ3) is 5.85. The summed E-state index contributed by atoms with van der Waals surface area (Å²) < 4.78 is 28.4. The molecule has 1 fully saturated rings. The molecule has 0 aliphatic carbocycles. The number of fused-ring (bicyclic) bond motifs is 1. The summed E-state index contributed by atoms with van der Waals surface area (Å²) in [5, 5.41) is 7.15. The average molecular weight is 540 g/mol. The second-order valence-electron chi connectivity index (χ2n) is 9.04. The van der Waals surface area contributed by atoms with Crippen molar-refractivity contribution in [1.82, 2.24) is 29.4 Å². The number of hydrogen-bond donors (Lipinski definition) is 1. The second kappa shape index (κ2) is 11.3. The van der Waals surface area contributed by atoms with E-state index in [1.807, 2.05) is 6.92 Å². The first-order chi connectivity index (χ1) is 18.4. The highest BCUT2D eigenvalue weighted by Crippen LogP contribution is 2.33. The Hall–Kier alpha value is -3.80. The van der Waals surface area contributed by atoms with E-state index in [1.54, 1.807) is 10.7 Å². The van der Waals surface area contributed by atoms with Gasteiger partial charge in [-0.25, -0.2) is 13.9 Å². The number of likely N-dealkylation sites (N-methyl/N-ethyl adjacent to an activating group) is 1. The van der Waals surface area contributed by atoms with Gasteiger partial charge in [0.2, 0.25) is 5.88 Å². The lowest BCUT2D eigenvalue weighted by atomic mass is 10.2. The molecule has 4 heterocycles. The summed E-state index contributed by atoms with van der Waals surface area (Å²) in [5.74, 6) is -0.297. The summed E-state index contributed by atoms with van der Waals surface area (Å²) in [6.45, 7) is 7.40. The molecule has 1 amide bonds. The van der Waals surface area contributed by atoms with Gasteiger partial charge >= 0.3 is 0 Å². The van der Waals surface area contributed by atoms with Crippen LogP contribution in [0.3, 0.4) is 0 Å². The monoisotopic (exact) mass is 539 g/mol. The maximum atomic E-state index is 14.9.